The maximum Gasteiger partial charge on any atom is 0.260 e. The number of benzene rings is 2. The molecule has 2 aromatic carbocycles. The Kier molecular flexibility index (Phi) is 11.6. The molecule has 198 valence electrons. The molecule has 0 radical (unpaired) electrons. The Hall–Kier alpha value is -2.75. The van der Waals surface area contributed by atoms with Crippen molar-refractivity contribution < 1.29 is 23.7 Å². The molecule has 0 aliphatic rings. The lowest BCUT2D eigenvalue weighted by Gasteiger charge is -2.22. The summed E-state index contributed by atoms with van der Waals surface area (Å²) in [4.78, 5) is 22.5. The van der Waals surface area contributed by atoms with Gasteiger partial charge < -0.3 is 23.8 Å². The van der Waals surface area contributed by atoms with Gasteiger partial charge in [-0.3, -0.25) is 9.69 Å². The van der Waals surface area contributed by atoms with E-state index in [1.165, 1.54) is 11.3 Å². The molecule has 0 aliphatic carbocycles. The number of carbonyl (C=O) groups excluding carboxylic acids is 1. The summed E-state index contributed by atoms with van der Waals surface area (Å²) in [6.07, 6.45) is 0.797. The van der Waals surface area contributed by atoms with Gasteiger partial charge in [-0.1, -0.05) is 11.3 Å². The van der Waals surface area contributed by atoms with E-state index in [1.807, 2.05) is 53.1 Å². The van der Waals surface area contributed by atoms with Crippen LogP contribution >= 0.6 is 23.7 Å². The van der Waals surface area contributed by atoms with Gasteiger partial charge in [-0.15, -0.1) is 12.4 Å². The number of rotatable bonds is 13. The fourth-order valence-electron chi connectivity index (χ4n) is 3.63. The van der Waals surface area contributed by atoms with Gasteiger partial charge in [0.1, 0.15) is 5.75 Å². The Balaban J connectivity index is 0.00000456. The van der Waals surface area contributed by atoms with Crippen LogP contribution in [0.5, 0.6) is 23.0 Å². The first-order valence-electron chi connectivity index (χ1n) is 11.9. The molecule has 0 fully saturated rings. The summed E-state index contributed by atoms with van der Waals surface area (Å²) < 4.78 is 23.8. The highest BCUT2D eigenvalue weighted by molar-refractivity contribution is 7.22. The zero-order chi connectivity index (χ0) is 25.4. The van der Waals surface area contributed by atoms with Crippen molar-refractivity contribution in [2.75, 3.05) is 59.0 Å². The first kappa shape index (κ1) is 29.5. The molecule has 0 N–H and O–H groups in total. The topological polar surface area (TPSA) is 73.4 Å². The number of hydrogen-bond acceptors (Lipinski definition) is 8. The fraction of sp³-hybridized carbons (Fsp3) is 0.462. The highest BCUT2D eigenvalue weighted by Gasteiger charge is 2.25. The van der Waals surface area contributed by atoms with Gasteiger partial charge in [-0.05, 0) is 72.1 Å². The highest BCUT2D eigenvalue weighted by atomic mass is 35.5. The Labute approximate surface area is 223 Å². The first-order chi connectivity index (χ1) is 16.9. The van der Waals surface area contributed by atoms with Crippen LogP contribution in [0, 0.1) is 0 Å². The average Bonchev–Trinajstić information content (AvgIpc) is 3.26. The molecule has 0 aliphatic heterocycles. The van der Waals surface area contributed by atoms with E-state index >= 15 is 0 Å². The van der Waals surface area contributed by atoms with Crippen LogP contribution in [0.4, 0.5) is 5.13 Å². The second-order valence-electron chi connectivity index (χ2n) is 8.04. The highest BCUT2D eigenvalue weighted by Crippen LogP contribution is 2.40. The lowest BCUT2D eigenvalue weighted by Crippen LogP contribution is -2.33. The number of anilines is 1. The fourth-order valence-corrected chi connectivity index (χ4v) is 4.60. The summed E-state index contributed by atoms with van der Waals surface area (Å²) >= 11 is 1.48. The summed E-state index contributed by atoms with van der Waals surface area (Å²) in [6, 6.07) is 9.21. The van der Waals surface area contributed by atoms with Gasteiger partial charge in [-0.2, -0.15) is 0 Å². The zero-order valence-electron chi connectivity index (χ0n) is 21.8. The van der Waals surface area contributed by atoms with Crippen molar-refractivity contribution in [3.05, 3.63) is 35.9 Å². The van der Waals surface area contributed by atoms with Gasteiger partial charge in [0.05, 0.1) is 37.1 Å². The van der Waals surface area contributed by atoms with Crippen LogP contribution in [0.25, 0.3) is 10.2 Å². The van der Waals surface area contributed by atoms with Gasteiger partial charge in [0.25, 0.3) is 5.91 Å². The van der Waals surface area contributed by atoms with E-state index < -0.39 is 0 Å². The number of hydrogen-bond donors (Lipinski definition) is 0. The van der Waals surface area contributed by atoms with Gasteiger partial charge >= 0.3 is 0 Å². The van der Waals surface area contributed by atoms with Crippen molar-refractivity contribution in [3.63, 3.8) is 0 Å². The molecule has 0 atom stereocenters. The molecule has 0 saturated heterocycles. The average molecular weight is 538 g/mol. The standard InChI is InChI=1S/C26H35N3O5S.ClH/c1-7-32-21-15-18(16-22(33-8-2)24(21)34-9-3)25(30)29(14-10-13-28(4)5)26-27-20-17-19(31-6)11-12-23(20)35-26;/h11-12,15-17H,7-10,13-14H2,1-6H3;1H. The molecule has 0 spiro atoms. The van der Waals surface area contributed by atoms with E-state index in [0.717, 1.165) is 28.9 Å². The van der Waals surface area contributed by atoms with Crippen molar-refractivity contribution in [3.8, 4) is 23.0 Å². The summed E-state index contributed by atoms with van der Waals surface area (Å²) in [7, 11) is 5.67. The summed E-state index contributed by atoms with van der Waals surface area (Å²) in [5.74, 6) is 2.06. The summed E-state index contributed by atoms with van der Waals surface area (Å²) in [6.45, 7) is 8.40. The molecular weight excluding hydrogens is 502 g/mol. The number of ether oxygens (including phenoxy) is 4. The van der Waals surface area contributed by atoms with Gasteiger partial charge in [0, 0.05) is 18.2 Å². The molecule has 1 amide bonds. The third-order valence-electron chi connectivity index (χ3n) is 5.20. The smallest absolute Gasteiger partial charge is 0.260 e. The van der Waals surface area contributed by atoms with Crippen molar-refractivity contribution in [2.24, 2.45) is 0 Å². The van der Waals surface area contributed by atoms with Crippen molar-refractivity contribution in [1.82, 2.24) is 9.88 Å². The van der Waals surface area contributed by atoms with Gasteiger partial charge in [0.2, 0.25) is 5.75 Å². The number of carbonyl (C=O) groups is 1. The Morgan fingerprint density at radius 3 is 2.14 bits per heavy atom. The first-order valence-corrected chi connectivity index (χ1v) is 12.7. The van der Waals surface area contributed by atoms with Gasteiger partial charge in [0.15, 0.2) is 16.6 Å². The Bertz CT molecular complexity index is 1110. The van der Waals surface area contributed by atoms with Crippen LogP contribution < -0.4 is 23.8 Å². The molecule has 0 bridgehead atoms. The van der Waals surface area contributed by atoms with Crippen molar-refractivity contribution in [1.29, 1.82) is 0 Å². The van der Waals surface area contributed by atoms with Crippen LogP contribution in [0.2, 0.25) is 0 Å². The molecule has 3 aromatic rings. The number of halogens is 1. The molecular formula is C26H36ClN3O5S. The predicted octanol–water partition coefficient (Wildman–Crippen LogP) is 5.52. The van der Waals surface area contributed by atoms with E-state index in [0.29, 0.717) is 54.3 Å². The third kappa shape index (κ3) is 7.15. The molecule has 8 nitrogen and oxygen atoms in total. The van der Waals surface area contributed by atoms with Crippen LogP contribution in [0.15, 0.2) is 30.3 Å². The second kappa shape index (κ2) is 14.1. The number of fused-ring (bicyclic) bond motifs is 1. The molecule has 0 unspecified atom stereocenters. The lowest BCUT2D eigenvalue weighted by atomic mass is 10.1. The monoisotopic (exact) mass is 537 g/mol. The van der Waals surface area contributed by atoms with Gasteiger partial charge in [-0.25, -0.2) is 4.98 Å². The van der Waals surface area contributed by atoms with Crippen LogP contribution in [-0.4, -0.2) is 69.9 Å². The van der Waals surface area contributed by atoms with E-state index in [4.69, 9.17) is 23.9 Å². The minimum atomic E-state index is -0.167. The van der Waals surface area contributed by atoms with Crippen LogP contribution in [0.3, 0.4) is 0 Å². The SMILES string of the molecule is CCOc1cc(C(=O)N(CCCN(C)C)c2nc3cc(OC)ccc3s2)cc(OCC)c1OCC.Cl. The number of thiazole rings is 1. The largest absolute Gasteiger partial charge is 0.497 e. The van der Waals surface area contributed by atoms with Crippen molar-refractivity contribution >= 4 is 45.0 Å². The predicted molar refractivity (Wildman–Crippen MR) is 148 cm³/mol. The van der Waals surface area contributed by atoms with Crippen molar-refractivity contribution in [2.45, 2.75) is 27.2 Å². The van der Waals surface area contributed by atoms with E-state index in [1.54, 1.807) is 24.1 Å². The minimum absolute atomic E-state index is 0. The normalized spacial score (nSPS) is 10.8. The molecule has 0 saturated carbocycles. The van der Waals surface area contributed by atoms with Crippen LogP contribution in [0.1, 0.15) is 37.6 Å². The Morgan fingerprint density at radius 1 is 0.944 bits per heavy atom. The number of aromatic nitrogens is 1. The molecule has 1 heterocycles. The van der Waals surface area contributed by atoms with E-state index in [9.17, 15) is 4.79 Å². The number of methoxy groups -OCH3 is 1. The molecule has 1 aromatic heterocycles. The lowest BCUT2D eigenvalue weighted by molar-refractivity contribution is 0.0985. The number of amides is 1. The molecule has 3 rings (SSSR count). The van der Waals surface area contributed by atoms with Crippen LogP contribution in [-0.2, 0) is 0 Å². The minimum Gasteiger partial charge on any atom is -0.497 e. The third-order valence-corrected chi connectivity index (χ3v) is 6.26. The second-order valence-corrected chi connectivity index (χ2v) is 9.05. The number of nitrogens with zero attached hydrogens (tertiary/aromatic N) is 3. The maximum atomic E-state index is 13.9. The molecule has 36 heavy (non-hydrogen) atoms. The quantitative estimate of drug-likeness (QED) is 0.284. The van der Waals surface area contributed by atoms with E-state index in [-0.39, 0.29) is 18.3 Å². The Morgan fingerprint density at radius 2 is 1.58 bits per heavy atom. The maximum absolute atomic E-state index is 13.9. The summed E-state index contributed by atoms with van der Waals surface area (Å²) in [5, 5.41) is 0.641. The zero-order valence-corrected chi connectivity index (χ0v) is 23.5. The molecule has 10 heteroatoms. The summed E-state index contributed by atoms with van der Waals surface area (Å²) in [5.41, 5.74) is 1.26. The van der Waals surface area contributed by atoms with E-state index in [2.05, 4.69) is 4.90 Å².